The van der Waals surface area contributed by atoms with E-state index in [1.807, 2.05) is 0 Å². The van der Waals surface area contributed by atoms with Gasteiger partial charge in [-0.15, -0.1) is 0 Å². The maximum Gasteiger partial charge on any atom is 0.379 e. The highest BCUT2D eigenvalue weighted by atomic mass is 35.5. The van der Waals surface area contributed by atoms with E-state index in [1.165, 1.54) is 24.3 Å². The summed E-state index contributed by atoms with van der Waals surface area (Å²) in [7, 11) is 0. The first kappa shape index (κ1) is 15.1. The highest BCUT2D eigenvalue weighted by Gasteiger charge is 2.21. The number of fused-ring (bicyclic) bond motifs is 1. The van der Waals surface area contributed by atoms with Crippen molar-refractivity contribution in [2.24, 2.45) is 0 Å². The standard InChI is InChI=1S/C16H10ClNO5/c1-9-12-6-3-7-13(17)15(12)23-14(9)16(19)22-11-5-2-4-10(8-11)18(20)21/h2-8H,1H3. The molecule has 0 amide bonds. The monoisotopic (exact) mass is 331 g/mol. The number of halogens is 1. The van der Waals surface area contributed by atoms with Gasteiger partial charge in [-0.2, -0.15) is 0 Å². The van der Waals surface area contributed by atoms with E-state index >= 15 is 0 Å². The molecule has 0 atom stereocenters. The van der Waals surface area contributed by atoms with Crippen molar-refractivity contribution in [3.05, 3.63) is 68.9 Å². The van der Waals surface area contributed by atoms with E-state index in [9.17, 15) is 14.9 Å². The normalized spacial score (nSPS) is 10.7. The lowest BCUT2D eigenvalue weighted by Gasteiger charge is -2.02. The van der Waals surface area contributed by atoms with Crippen molar-refractivity contribution >= 4 is 34.2 Å². The number of nitro benzene ring substituents is 1. The number of hydrogen-bond acceptors (Lipinski definition) is 5. The molecule has 3 aromatic rings. The molecule has 1 heterocycles. The molecule has 2 aromatic carbocycles. The fourth-order valence-electron chi connectivity index (χ4n) is 2.22. The maximum atomic E-state index is 12.3. The van der Waals surface area contributed by atoms with Gasteiger partial charge in [0.05, 0.1) is 16.0 Å². The van der Waals surface area contributed by atoms with Crippen molar-refractivity contribution in [1.29, 1.82) is 0 Å². The van der Waals surface area contributed by atoms with Gasteiger partial charge in [0.1, 0.15) is 5.75 Å². The molecule has 0 fully saturated rings. The first-order valence-electron chi connectivity index (χ1n) is 6.61. The van der Waals surface area contributed by atoms with E-state index in [4.69, 9.17) is 20.8 Å². The van der Waals surface area contributed by atoms with Crippen LogP contribution in [0.5, 0.6) is 5.75 Å². The van der Waals surface area contributed by atoms with Gasteiger partial charge in [-0.25, -0.2) is 4.79 Å². The lowest BCUT2D eigenvalue weighted by molar-refractivity contribution is -0.384. The molecule has 7 heteroatoms. The van der Waals surface area contributed by atoms with Crippen LogP contribution in [0.2, 0.25) is 5.02 Å². The summed E-state index contributed by atoms with van der Waals surface area (Å²) in [5.41, 5.74) is 0.829. The average molecular weight is 332 g/mol. The number of aryl methyl sites for hydroxylation is 1. The molecule has 0 aliphatic heterocycles. The Hall–Kier alpha value is -2.86. The number of hydrogen-bond donors (Lipinski definition) is 0. The Bertz CT molecular complexity index is 931. The van der Waals surface area contributed by atoms with Crippen LogP contribution in [0.15, 0.2) is 46.9 Å². The molecule has 0 saturated carbocycles. The maximum absolute atomic E-state index is 12.3. The molecular formula is C16H10ClNO5. The molecule has 0 aliphatic rings. The van der Waals surface area contributed by atoms with Crippen LogP contribution in [0.3, 0.4) is 0 Å². The zero-order valence-corrected chi connectivity index (χ0v) is 12.7. The van der Waals surface area contributed by atoms with E-state index in [1.54, 1.807) is 25.1 Å². The van der Waals surface area contributed by atoms with E-state index in [0.717, 1.165) is 0 Å². The number of carbonyl (C=O) groups excluding carboxylic acids is 1. The van der Waals surface area contributed by atoms with Crippen LogP contribution < -0.4 is 4.74 Å². The number of para-hydroxylation sites is 1. The van der Waals surface area contributed by atoms with Crippen LogP contribution in [0.1, 0.15) is 16.1 Å². The smallest absolute Gasteiger partial charge is 0.379 e. The lowest BCUT2D eigenvalue weighted by Crippen LogP contribution is -2.08. The molecule has 0 unspecified atom stereocenters. The minimum absolute atomic E-state index is 0.0135. The third-order valence-corrected chi connectivity index (χ3v) is 3.64. The van der Waals surface area contributed by atoms with Gasteiger partial charge in [0.15, 0.2) is 5.58 Å². The number of ether oxygens (including phenoxy) is 1. The number of nitro groups is 1. The number of nitrogens with zero attached hydrogens (tertiary/aromatic N) is 1. The van der Waals surface area contributed by atoms with Crippen molar-refractivity contribution in [2.75, 3.05) is 0 Å². The molecule has 6 nitrogen and oxygen atoms in total. The van der Waals surface area contributed by atoms with Crippen molar-refractivity contribution in [1.82, 2.24) is 0 Å². The number of esters is 1. The summed E-state index contributed by atoms with van der Waals surface area (Å²) in [4.78, 5) is 22.5. The second-order valence-corrected chi connectivity index (χ2v) is 5.22. The van der Waals surface area contributed by atoms with Crippen molar-refractivity contribution in [3.63, 3.8) is 0 Å². The Kier molecular flexibility index (Phi) is 3.75. The molecule has 0 saturated heterocycles. The topological polar surface area (TPSA) is 82.6 Å². The number of furan rings is 1. The van der Waals surface area contributed by atoms with Crippen LogP contribution >= 0.6 is 11.6 Å². The number of carbonyl (C=O) groups is 1. The van der Waals surface area contributed by atoms with Crippen LogP contribution in [-0.2, 0) is 0 Å². The fraction of sp³-hybridized carbons (Fsp3) is 0.0625. The first-order chi connectivity index (χ1) is 11.0. The van der Waals surface area contributed by atoms with Gasteiger partial charge in [-0.1, -0.05) is 29.8 Å². The van der Waals surface area contributed by atoms with E-state index in [0.29, 0.717) is 21.6 Å². The number of benzene rings is 2. The van der Waals surface area contributed by atoms with E-state index in [2.05, 4.69) is 0 Å². The summed E-state index contributed by atoms with van der Waals surface area (Å²) < 4.78 is 10.7. The average Bonchev–Trinajstić information content (AvgIpc) is 2.86. The summed E-state index contributed by atoms with van der Waals surface area (Å²) >= 11 is 6.04. The largest absolute Gasteiger partial charge is 0.447 e. The summed E-state index contributed by atoms with van der Waals surface area (Å²) in [6, 6.07) is 10.6. The quantitative estimate of drug-likeness (QED) is 0.305. The van der Waals surface area contributed by atoms with Crippen molar-refractivity contribution in [2.45, 2.75) is 6.92 Å². The molecule has 116 valence electrons. The van der Waals surface area contributed by atoms with Crippen molar-refractivity contribution < 1.29 is 18.9 Å². The molecule has 0 aliphatic carbocycles. The Labute approximate surface area is 135 Å². The number of non-ortho nitro benzene ring substituents is 1. The summed E-state index contributed by atoms with van der Waals surface area (Å²) in [6.45, 7) is 1.71. The summed E-state index contributed by atoms with van der Waals surface area (Å²) in [6.07, 6.45) is 0. The molecule has 0 N–H and O–H groups in total. The predicted molar refractivity (Wildman–Crippen MR) is 84.0 cm³/mol. The van der Waals surface area contributed by atoms with Gasteiger partial charge in [-0.3, -0.25) is 10.1 Å². The molecular weight excluding hydrogens is 322 g/mol. The summed E-state index contributed by atoms with van der Waals surface area (Å²) in [5, 5.41) is 11.9. The van der Waals surface area contributed by atoms with Gasteiger partial charge < -0.3 is 9.15 Å². The molecule has 0 spiro atoms. The second kappa shape index (κ2) is 5.73. The predicted octanol–water partition coefficient (Wildman–Crippen LogP) is 4.52. The fourth-order valence-corrected chi connectivity index (χ4v) is 2.43. The van der Waals surface area contributed by atoms with Crippen LogP contribution in [0.4, 0.5) is 5.69 Å². The summed E-state index contributed by atoms with van der Waals surface area (Å²) in [5.74, 6) is -0.662. The minimum atomic E-state index is -0.740. The zero-order chi connectivity index (χ0) is 16.6. The molecule has 23 heavy (non-hydrogen) atoms. The highest BCUT2D eigenvalue weighted by Crippen LogP contribution is 2.31. The SMILES string of the molecule is Cc1c(C(=O)Oc2cccc([N+](=O)[O-])c2)oc2c(Cl)cccc12. The highest BCUT2D eigenvalue weighted by molar-refractivity contribution is 6.35. The second-order valence-electron chi connectivity index (χ2n) is 4.82. The molecule has 0 bridgehead atoms. The molecule has 1 aromatic heterocycles. The molecule has 3 rings (SSSR count). The van der Waals surface area contributed by atoms with Gasteiger partial charge in [0.2, 0.25) is 5.76 Å². The Morgan fingerprint density at radius 3 is 2.70 bits per heavy atom. The minimum Gasteiger partial charge on any atom is -0.447 e. The van der Waals surface area contributed by atoms with Crippen LogP contribution in [0, 0.1) is 17.0 Å². The number of rotatable bonds is 3. The van der Waals surface area contributed by atoms with E-state index < -0.39 is 10.9 Å². The molecule has 0 radical (unpaired) electrons. The first-order valence-corrected chi connectivity index (χ1v) is 6.99. The Balaban J connectivity index is 1.95. The Morgan fingerprint density at radius 1 is 1.26 bits per heavy atom. The third kappa shape index (κ3) is 2.76. The van der Waals surface area contributed by atoms with Gasteiger partial charge >= 0.3 is 5.97 Å². The van der Waals surface area contributed by atoms with Crippen LogP contribution in [0.25, 0.3) is 11.0 Å². The lowest BCUT2D eigenvalue weighted by atomic mass is 10.1. The third-order valence-electron chi connectivity index (χ3n) is 3.34. The van der Waals surface area contributed by atoms with Gasteiger partial charge in [0, 0.05) is 17.0 Å². The van der Waals surface area contributed by atoms with E-state index in [-0.39, 0.29) is 17.2 Å². The zero-order valence-electron chi connectivity index (χ0n) is 11.9. The Morgan fingerprint density at radius 2 is 2.00 bits per heavy atom. The van der Waals surface area contributed by atoms with Crippen molar-refractivity contribution in [3.8, 4) is 5.75 Å². The van der Waals surface area contributed by atoms with Crippen LogP contribution in [-0.4, -0.2) is 10.9 Å². The van der Waals surface area contributed by atoms with Gasteiger partial charge in [-0.05, 0) is 19.1 Å². The van der Waals surface area contributed by atoms with Gasteiger partial charge in [0.25, 0.3) is 5.69 Å².